The highest BCUT2D eigenvalue weighted by Crippen LogP contribution is 2.27. The maximum Gasteiger partial charge on any atom is 0.343 e. The SMILES string of the molecule is CC(CCCC(O)c1ccccc1)CCc1c(O)cc(-c2ccc(CCC(=O)O)cc2)oc1=O. The van der Waals surface area contributed by atoms with Crippen molar-refractivity contribution in [1.82, 2.24) is 0 Å². The van der Waals surface area contributed by atoms with Crippen LogP contribution in [0.3, 0.4) is 0 Å². The molecule has 3 aromatic rings. The van der Waals surface area contributed by atoms with Crippen LogP contribution in [0.15, 0.2) is 69.9 Å². The molecule has 6 nitrogen and oxygen atoms in total. The maximum absolute atomic E-state index is 12.5. The van der Waals surface area contributed by atoms with E-state index >= 15 is 0 Å². The zero-order valence-electron chi connectivity index (χ0n) is 19.4. The van der Waals surface area contributed by atoms with Crippen LogP contribution in [-0.2, 0) is 17.6 Å². The van der Waals surface area contributed by atoms with Crippen LogP contribution in [0.4, 0.5) is 0 Å². The number of aromatic hydroxyl groups is 1. The number of aliphatic hydroxyl groups is 1. The van der Waals surface area contributed by atoms with Crippen molar-refractivity contribution in [3.05, 3.63) is 87.8 Å². The number of aryl methyl sites for hydroxylation is 1. The molecule has 0 saturated heterocycles. The molecule has 0 aliphatic heterocycles. The first kappa shape index (κ1) is 25.2. The van der Waals surface area contributed by atoms with Gasteiger partial charge in [0.25, 0.3) is 0 Å². The van der Waals surface area contributed by atoms with Crippen molar-refractivity contribution in [2.45, 2.75) is 58.0 Å². The standard InChI is InChI=1S/C28H32O6/c1-19(6-5-9-24(29)21-7-3-2-4-8-21)10-16-23-25(30)18-26(34-28(23)33)22-14-11-20(12-15-22)13-17-27(31)32/h2-4,7-8,11-12,14-15,18-19,24,29-30H,5-6,9-10,13,16-17H2,1H3,(H,31,32). The summed E-state index contributed by atoms with van der Waals surface area (Å²) in [6, 6.07) is 18.2. The van der Waals surface area contributed by atoms with Crippen LogP contribution in [0.5, 0.6) is 5.75 Å². The average Bonchev–Trinajstić information content (AvgIpc) is 2.83. The quantitative estimate of drug-likeness (QED) is 0.327. The first-order chi connectivity index (χ1) is 16.3. The lowest BCUT2D eigenvalue weighted by molar-refractivity contribution is -0.136. The van der Waals surface area contributed by atoms with Gasteiger partial charge in [-0.15, -0.1) is 0 Å². The minimum atomic E-state index is -0.852. The summed E-state index contributed by atoms with van der Waals surface area (Å²) in [4.78, 5) is 23.2. The molecule has 0 amide bonds. The number of hydrogen-bond donors (Lipinski definition) is 3. The Bertz CT molecular complexity index is 1120. The van der Waals surface area contributed by atoms with Crippen LogP contribution in [-0.4, -0.2) is 21.3 Å². The van der Waals surface area contributed by atoms with E-state index in [0.29, 0.717) is 30.7 Å². The highest BCUT2D eigenvalue weighted by Gasteiger charge is 2.15. The second-order valence-electron chi connectivity index (χ2n) is 8.85. The molecule has 34 heavy (non-hydrogen) atoms. The van der Waals surface area contributed by atoms with Gasteiger partial charge in [-0.2, -0.15) is 0 Å². The van der Waals surface area contributed by atoms with Gasteiger partial charge in [0, 0.05) is 18.1 Å². The molecule has 0 aliphatic rings. The van der Waals surface area contributed by atoms with E-state index in [1.807, 2.05) is 30.3 Å². The van der Waals surface area contributed by atoms with Gasteiger partial charge >= 0.3 is 11.6 Å². The van der Waals surface area contributed by atoms with Gasteiger partial charge in [0.1, 0.15) is 11.5 Å². The molecule has 2 aromatic carbocycles. The van der Waals surface area contributed by atoms with Gasteiger partial charge in [-0.25, -0.2) is 4.79 Å². The molecule has 6 heteroatoms. The number of benzene rings is 2. The number of hydrogen-bond acceptors (Lipinski definition) is 5. The molecule has 0 aliphatic carbocycles. The third kappa shape index (κ3) is 7.32. The van der Waals surface area contributed by atoms with Gasteiger partial charge in [0.05, 0.1) is 11.7 Å². The van der Waals surface area contributed by atoms with Crippen LogP contribution in [0.1, 0.15) is 61.8 Å². The fourth-order valence-electron chi connectivity index (χ4n) is 4.00. The summed E-state index contributed by atoms with van der Waals surface area (Å²) >= 11 is 0. The lowest BCUT2D eigenvalue weighted by Crippen LogP contribution is -2.10. The largest absolute Gasteiger partial charge is 0.507 e. The minimum Gasteiger partial charge on any atom is -0.507 e. The van der Waals surface area contributed by atoms with E-state index in [9.17, 15) is 19.8 Å². The van der Waals surface area contributed by atoms with Crippen molar-refractivity contribution >= 4 is 5.97 Å². The third-order valence-electron chi connectivity index (χ3n) is 6.14. The Hall–Kier alpha value is -3.38. The maximum atomic E-state index is 12.5. The van der Waals surface area contributed by atoms with Crippen molar-refractivity contribution in [1.29, 1.82) is 0 Å². The summed E-state index contributed by atoms with van der Waals surface area (Å²) in [7, 11) is 0. The van der Waals surface area contributed by atoms with E-state index < -0.39 is 17.7 Å². The topological polar surface area (TPSA) is 108 Å². The van der Waals surface area contributed by atoms with Crippen LogP contribution >= 0.6 is 0 Å². The number of rotatable bonds is 12. The van der Waals surface area contributed by atoms with E-state index in [1.165, 1.54) is 6.07 Å². The average molecular weight is 465 g/mol. The normalized spacial score (nSPS) is 12.9. The zero-order chi connectivity index (χ0) is 24.5. The second kappa shape index (κ2) is 12.2. The van der Waals surface area contributed by atoms with Crippen molar-refractivity contribution < 1.29 is 24.5 Å². The van der Waals surface area contributed by atoms with E-state index in [0.717, 1.165) is 30.4 Å². The monoisotopic (exact) mass is 464 g/mol. The second-order valence-corrected chi connectivity index (χ2v) is 8.85. The number of aliphatic carboxylic acids is 1. The van der Waals surface area contributed by atoms with Crippen molar-refractivity contribution in [2.24, 2.45) is 5.92 Å². The predicted octanol–water partition coefficient (Wildman–Crippen LogP) is 5.50. The Morgan fingerprint density at radius 1 is 0.971 bits per heavy atom. The number of carboxylic acids is 1. The summed E-state index contributed by atoms with van der Waals surface area (Å²) in [5.41, 5.74) is 2.17. The van der Waals surface area contributed by atoms with Crippen LogP contribution in [0.25, 0.3) is 11.3 Å². The van der Waals surface area contributed by atoms with E-state index in [-0.39, 0.29) is 23.5 Å². The summed E-state index contributed by atoms with van der Waals surface area (Å²) in [6.45, 7) is 2.11. The molecule has 1 aromatic heterocycles. The Kier molecular flexibility index (Phi) is 9.05. The van der Waals surface area contributed by atoms with Gasteiger partial charge < -0.3 is 19.7 Å². The molecule has 0 saturated carbocycles. The smallest absolute Gasteiger partial charge is 0.343 e. The van der Waals surface area contributed by atoms with Crippen molar-refractivity contribution in [3.63, 3.8) is 0 Å². The summed E-state index contributed by atoms with van der Waals surface area (Å²) < 4.78 is 5.46. The van der Waals surface area contributed by atoms with Gasteiger partial charge in [-0.05, 0) is 42.7 Å². The Balaban J connectivity index is 1.52. The zero-order valence-corrected chi connectivity index (χ0v) is 19.4. The molecule has 2 atom stereocenters. The highest BCUT2D eigenvalue weighted by molar-refractivity contribution is 5.67. The summed E-state index contributed by atoms with van der Waals surface area (Å²) in [5, 5.41) is 29.5. The van der Waals surface area contributed by atoms with E-state index in [4.69, 9.17) is 9.52 Å². The molecule has 0 spiro atoms. The summed E-state index contributed by atoms with van der Waals surface area (Å²) in [5.74, 6) is -0.318. The van der Waals surface area contributed by atoms with Gasteiger partial charge in [-0.1, -0.05) is 74.4 Å². The van der Waals surface area contributed by atoms with Gasteiger partial charge in [0.2, 0.25) is 0 Å². The van der Waals surface area contributed by atoms with E-state index in [1.54, 1.807) is 24.3 Å². The molecule has 180 valence electrons. The van der Waals surface area contributed by atoms with E-state index in [2.05, 4.69) is 6.92 Å². The minimum absolute atomic E-state index is 0.0515. The number of carbonyl (C=O) groups is 1. The fraction of sp³-hybridized carbons (Fsp3) is 0.357. The fourth-order valence-corrected chi connectivity index (χ4v) is 4.00. The number of carboxylic acid groups (broad SMARTS) is 1. The van der Waals surface area contributed by atoms with Gasteiger partial charge in [0.15, 0.2) is 0 Å². The third-order valence-corrected chi connectivity index (χ3v) is 6.14. The first-order valence-corrected chi connectivity index (χ1v) is 11.7. The van der Waals surface area contributed by atoms with Crippen molar-refractivity contribution in [3.8, 4) is 17.1 Å². The lowest BCUT2D eigenvalue weighted by atomic mass is 9.94. The highest BCUT2D eigenvalue weighted by atomic mass is 16.4. The van der Waals surface area contributed by atoms with Crippen molar-refractivity contribution in [2.75, 3.05) is 0 Å². The molecular formula is C28H32O6. The Morgan fingerprint density at radius 2 is 1.68 bits per heavy atom. The molecular weight excluding hydrogens is 432 g/mol. The van der Waals surface area contributed by atoms with Crippen LogP contribution < -0.4 is 5.63 Å². The molecule has 2 unspecified atom stereocenters. The number of aliphatic hydroxyl groups excluding tert-OH is 1. The lowest BCUT2D eigenvalue weighted by Gasteiger charge is -2.14. The van der Waals surface area contributed by atoms with Gasteiger partial charge in [-0.3, -0.25) is 4.79 Å². The molecule has 3 N–H and O–H groups in total. The molecule has 0 radical (unpaired) electrons. The van der Waals surface area contributed by atoms with Crippen LogP contribution in [0.2, 0.25) is 0 Å². The Labute approximate surface area is 199 Å². The molecule has 0 bridgehead atoms. The molecule has 0 fully saturated rings. The van der Waals surface area contributed by atoms with Crippen LogP contribution in [0, 0.1) is 5.92 Å². The predicted molar refractivity (Wildman–Crippen MR) is 131 cm³/mol. The molecule has 1 heterocycles. The Morgan fingerprint density at radius 3 is 2.32 bits per heavy atom. The molecule has 3 rings (SSSR count). The first-order valence-electron chi connectivity index (χ1n) is 11.7. The summed E-state index contributed by atoms with van der Waals surface area (Å²) in [6.07, 6.45) is 3.64.